The van der Waals surface area contributed by atoms with Gasteiger partial charge in [-0.3, -0.25) is 5.10 Å². The fourth-order valence-corrected chi connectivity index (χ4v) is 2.61. The van der Waals surface area contributed by atoms with E-state index < -0.39 is 49.7 Å². The van der Waals surface area contributed by atoms with E-state index in [9.17, 15) is 26.0 Å². The molecule has 1 aromatic heterocycles. The summed E-state index contributed by atoms with van der Waals surface area (Å²) in [6.45, 7) is 1.27. The Morgan fingerprint density at radius 2 is 1.91 bits per heavy atom. The maximum absolute atomic E-state index is 14.1. The van der Waals surface area contributed by atoms with Crippen molar-refractivity contribution >= 4 is 21.7 Å². The molecular formula is C12H9ClF4N2O3S. The summed E-state index contributed by atoms with van der Waals surface area (Å²) < 4.78 is 79.9. The summed E-state index contributed by atoms with van der Waals surface area (Å²) in [7, 11) is -4.00. The molecule has 0 saturated heterocycles. The molecule has 126 valence electrons. The number of hydrogen-bond donors (Lipinski definition) is 1. The van der Waals surface area contributed by atoms with Gasteiger partial charge in [-0.15, -0.1) is 0 Å². The van der Waals surface area contributed by atoms with Crippen LogP contribution in [0.2, 0.25) is 5.02 Å². The number of nitrogens with zero attached hydrogens (tertiary/aromatic N) is 1. The van der Waals surface area contributed by atoms with Crippen LogP contribution in [0.5, 0.6) is 5.75 Å². The quantitative estimate of drug-likeness (QED) is 0.661. The van der Waals surface area contributed by atoms with Crippen LogP contribution < -0.4 is 4.18 Å². The number of nitrogens with one attached hydrogen (secondary N) is 1. The lowest BCUT2D eigenvalue weighted by atomic mass is 10.0. The average molecular weight is 373 g/mol. The molecule has 0 aliphatic carbocycles. The van der Waals surface area contributed by atoms with E-state index in [1.165, 1.54) is 6.92 Å². The molecule has 0 amide bonds. The van der Waals surface area contributed by atoms with E-state index in [1.807, 2.05) is 0 Å². The van der Waals surface area contributed by atoms with Gasteiger partial charge in [0, 0.05) is 16.8 Å². The number of rotatable bonds is 3. The van der Waals surface area contributed by atoms with Gasteiger partial charge in [-0.1, -0.05) is 11.6 Å². The second-order valence-electron chi connectivity index (χ2n) is 4.62. The second kappa shape index (κ2) is 5.68. The largest absolute Gasteiger partial charge is 0.435 e. The minimum absolute atomic E-state index is 0.0520. The number of halogens is 5. The van der Waals surface area contributed by atoms with Crippen molar-refractivity contribution in [3.05, 3.63) is 34.4 Å². The van der Waals surface area contributed by atoms with Crippen molar-refractivity contribution in [1.82, 2.24) is 10.2 Å². The molecule has 0 aliphatic heterocycles. The Labute approximate surface area is 133 Å². The zero-order valence-corrected chi connectivity index (χ0v) is 13.2. The summed E-state index contributed by atoms with van der Waals surface area (Å²) in [5.41, 5.74) is -2.47. The van der Waals surface area contributed by atoms with Crippen LogP contribution in [0.3, 0.4) is 0 Å². The number of aromatic amines is 1. The summed E-state index contributed by atoms with van der Waals surface area (Å²) in [4.78, 5) is 0. The van der Waals surface area contributed by atoms with Gasteiger partial charge >= 0.3 is 16.3 Å². The fraction of sp³-hybridized carbons (Fsp3) is 0.250. The zero-order valence-electron chi connectivity index (χ0n) is 11.6. The third kappa shape index (κ3) is 3.75. The van der Waals surface area contributed by atoms with Gasteiger partial charge in [0.1, 0.15) is 5.82 Å². The number of H-pyrrole nitrogens is 1. The molecule has 0 fully saturated rings. The van der Waals surface area contributed by atoms with Crippen molar-refractivity contribution in [2.75, 3.05) is 6.26 Å². The first-order chi connectivity index (χ1) is 10.4. The molecule has 0 spiro atoms. The lowest BCUT2D eigenvalue weighted by Crippen LogP contribution is -2.09. The van der Waals surface area contributed by atoms with Crippen LogP contribution in [0, 0.1) is 12.7 Å². The Kier molecular flexibility index (Phi) is 4.33. The van der Waals surface area contributed by atoms with Gasteiger partial charge in [-0.25, -0.2) is 4.39 Å². The molecule has 2 aromatic rings. The first kappa shape index (κ1) is 17.5. The van der Waals surface area contributed by atoms with E-state index >= 15 is 0 Å². The standard InChI is InChI=1S/C12H9ClF4N2O3S/c1-5-10(11(19-18-5)12(15,16)17)6-3-9(22-23(2,20)21)7(13)4-8(6)14/h3-4H,1-2H3,(H,18,19). The van der Waals surface area contributed by atoms with E-state index in [0.717, 1.165) is 12.3 Å². The number of benzene rings is 1. The first-order valence-electron chi connectivity index (χ1n) is 5.91. The normalized spacial score (nSPS) is 12.5. The summed E-state index contributed by atoms with van der Waals surface area (Å²) in [6.07, 6.45) is -4.11. The highest BCUT2D eigenvalue weighted by Gasteiger charge is 2.38. The summed E-state index contributed by atoms with van der Waals surface area (Å²) >= 11 is 5.66. The van der Waals surface area contributed by atoms with E-state index in [-0.39, 0.29) is 5.69 Å². The molecular weight excluding hydrogens is 364 g/mol. The van der Waals surface area contributed by atoms with E-state index in [0.29, 0.717) is 6.07 Å². The van der Waals surface area contributed by atoms with Gasteiger partial charge in [-0.05, 0) is 19.1 Å². The molecule has 11 heteroatoms. The molecule has 23 heavy (non-hydrogen) atoms. The third-order valence-corrected chi connectivity index (χ3v) is 3.53. The van der Waals surface area contributed by atoms with Crippen molar-refractivity contribution in [1.29, 1.82) is 0 Å². The van der Waals surface area contributed by atoms with Crippen LogP contribution in [0.1, 0.15) is 11.4 Å². The lowest BCUT2D eigenvalue weighted by Gasteiger charge is -2.11. The Balaban J connectivity index is 2.70. The molecule has 1 aromatic carbocycles. The fourth-order valence-electron chi connectivity index (χ4n) is 1.91. The van der Waals surface area contributed by atoms with Crippen molar-refractivity contribution in [3.63, 3.8) is 0 Å². The van der Waals surface area contributed by atoms with Crippen LogP contribution in [-0.4, -0.2) is 24.9 Å². The highest BCUT2D eigenvalue weighted by atomic mass is 35.5. The molecule has 0 aliphatic rings. The number of aryl methyl sites for hydroxylation is 1. The highest BCUT2D eigenvalue weighted by molar-refractivity contribution is 7.86. The van der Waals surface area contributed by atoms with Crippen molar-refractivity contribution in [2.24, 2.45) is 0 Å². The Bertz CT molecular complexity index is 862. The molecule has 0 bridgehead atoms. The number of alkyl halides is 3. The third-order valence-electron chi connectivity index (χ3n) is 2.75. The van der Waals surface area contributed by atoms with Crippen LogP contribution in [-0.2, 0) is 16.3 Å². The monoisotopic (exact) mass is 372 g/mol. The second-order valence-corrected chi connectivity index (χ2v) is 6.60. The average Bonchev–Trinajstić information content (AvgIpc) is 2.73. The van der Waals surface area contributed by atoms with E-state index in [2.05, 4.69) is 14.4 Å². The smallest absolute Gasteiger partial charge is 0.381 e. The van der Waals surface area contributed by atoms with Gasteiger partial charge in [0.2, 0.25) is 0 Å². The van der Waals surface area contributed by atoms with E-state index in [4.69, 9.17) is 11.6 Å². The predicted octanol–water partition coefficient (Wildman–Crippen LogP) is 3.53. The van der Waals surface area contributed by atoms with Gasteiger partial charge < -0.3 is 4.18 Å². The summed E-state index contributed by atoms with van der Waals surface area (Å²) in [6, 6.07) is 1.45. The van der Waals surface area contributed by atoms with Crippen molar-refractivity contribution < 1.29 is 30.2 Å². The molecule has 0 radical (unpaired) electrons. The predicted molar refractivity (Wildman–Crippen MR) is 74.2 cm³/mol. The highest BCUT2D eigenvalue weighted by Crippen LogP contribution is 2.41. The first-order valence-corrected chi connectivity index (χ1v) is 8.10. The lowest BCUT2D eigenvalue weighted by molar-refractivity contribution is -0.140. The molecule has 0 saturated carbocycles. The Morgan fingerprint density at radius 3 is 2.43 bits per heavy atom. The summed E-state index contributed by atoms with van der Waals surface area (Å²) in [5.74, 6) is -1.56. The Morgan fingerprint density at radius 1 is 1.30 bits per heavy atom. The molecule has 2 rings (SSSR count). The molecule has 1 N–H and O–H groups in total. The van der Waals surface area contributed by atoms with Crippen LogP contribution >= 0.6 is 11.6 Å². The number of hydrogen-bond acceptors (Lipinski definition) is 4. The summed E-state index contributed by atoms with van der Waals surface area (Å²) in [5, 5.41) is 4.85. The Hall–Kier alpha value is -1.81. The molecule has 5 nitrogen and oxygen atoms in total. The minimum Gasteiger partial charge on any atom is -0.381 e. The SMILES string of the molecule is Cc1[nH]nc(C(F)(F)F)c1-c1cc(OS(C)(=O)=O)c(Cl)cc1F. The van der Waals surface area contributed by atoms with Gasteiger partial charge in [0.05, 0.1) is 11.3 Å². The molecule has 0 unspecified atom stereocenters. The van der Waals surface area contributed by atoms with Crippen molar-refractivity contribution in [2.45, 2.75) is 13.1 Å². The maximum Gasteiger partial charge on any atom is 0.435 e. The van der Waals surface area contributed by atoms with Crippen LogP contribution in [0.15, 0.2) is 12.1 Å². The minimum atomic E-state index is -4.83. The molecule has 1 heterocycles. The van der Waals surface area contributed by atoms with Gasteiger partial charge in [0.25, 0.3) is 0 Å². The van der Waals surface area contributed by atoms with Crippen LogP contribution in [0.4, 0.5) is 17.6 Å². The van der Waals surface area contributed by atoms with Crippen LogP contribution in [0.25, 0.3) is 11.1 Å². The van der Waals surface area contributed by atoms with E-state index in [1.54, 1.807) is 0 Å². The van der Waals surface area contributed by atoms with Crippen molar-refractivity contribution in [3.8, 4) is 16.9 Å². The maximum atomic E-state index is 14.1. The van der Waals surface area contributed by atoms with Gasteiger partial charge in [0.15, 0.2) is 11.4 Å². The molecule has 0 atom stereocenters. The zero-order chi connectivity index (χ0) is 17.6. The number of aromatic nitrogens is 2. The topological polar surface area (TPSA) is 72.0 Å². The van der Waals surface area contributed by atoms with Gasteiger partial charge in [-0.2, -0.15) is 26.7 Å².